The van der Waals surface area contributed by atoms with Crippen LogP contribution in [0.5, 0.6) is 5.75 Å². The fraction of sp³-hybridized carbons (Fsp3) is 0.167. The normalized spacial score (nSPS) is 15.2. The van der Waals surface area contributed by atoms with Gasteiger partial charge in [0.1, 0.15) is 17.5 Å². The van der Waals surface area contributed by atoms with E-state index in [0.29, 0.717) is 17.0 Å². The first-order chi connectivity index (χ1) is 11.5. The van der Waals surface area contributed by atoms with Crippen LogP contribution in [0.3, 0.4) is 0 Å². The summed E-state index contributed by atoms with van der Waals surface area (Å²) in [4.78, 5) is 16.4. The average molecular weight is 321 g/mol. The molecule has 3 rings (SSSR count). The molecule has 0 spiro atoms. The Labute approximate surface area is 139 Å². The van der Waals surface area contributed by atoms with E-state index in [0.717, 1.165) is 11.3 Å². The van der Waals surface area contributed by atoms with Gasteiger partial charge in [0, 0.05) is 18.3 Å². The van der Waals surface area contributed by atoms with Gasteiger partial charge in [-0.25, -0.2) is 9.79 Å². The van der Waals surface area contributed by atoms with E-state index >= 15 is 0 Å². The van der Waals surface area contributed by atoms with Crippen molar-refractivity contribution in [2.45, 2.75) is 6.92 Å². The minimum atomic E-state index is -0.519. The average Bonchev–Trinajstić information content (AvgIpc) is 3.10. The molecule has 0 radical (unpaired) electrons. The van der Waals surface area contributed by atoms with Crippen LogP contribution >= 0.6 is 0 Å². The number of esters is 1. The summed E-state index contributed by atoms with van der Waals surface area (Å²) in [5, 5.41) is 9.09. The highest BCUT2D eigenvalue weighted by molar-refractivity contribution is 6.13. The van der Waals surface area contributed by atoms with E-state index in [-0.39, 0.29) is 11.6 Å². The number of aromatic nitrogens is 1. The van der Waals surface area contributed by atoms with Crippen molar-refractivity contribution in [3.05, 3.63) is 58.5 Å². The number of nitrogens with zero attached hydrogens (tertiary/aromatic N) is 3. The summed E-state index contributed by atoms with van der Waals surface area (Å²) in [5.41, 5.74) is 3.01. The van der Waals surface area contributed by atoms with Gasteiger partial charge in [-0.05, 0) is 42.8 Å². The molecule has 0 saturated carbocycles. The molecule has 0 unspecified atom stereocenters. The number of cyclic esters (lactones) is 1. The standard InChI is InChI=1S/C18H15N3O3/c1-11-13(7-14(10-19)21(11)2)9-16-18(22)24-17(20-16)12-5-4-6-15(8-12)23-3/h4-9H,1-3H3/b16-9+. The van der Waals surface area contributed by atoms with Gasteiger partial charge in [-0.1, -0.05) is 6.07 Å². The second-order valence-corrected chi connectivity index (χ2v) is 5.31. The molecular weight excluding hydrogens is 306 g/mol. The molecular formula is C18H15N3O3. The van der Waals surface area contributed by atoms with Crippen LogP contribution in [0.4, 0.5) is 0 Å². The van der Waals surface area contributed by atoms with Crippen molar-refractivity contribution in [1.29, 1.82) is 5.26 Å². The second kappa shape index (κ2) is 6.05. The molecule has 0 fully saturated rings. The third-order valence-electron chi connectivity index (χ3n) is 3.92. The summed E-state index contributed by atoms with van der Waals surface area (Å²) in [5.74, 6) is 0.370. The molecule has 1 aromatic carbocycles. The van der Waals surface area contributed by atoms with Gasteiger partial charge in [0.15, 0.2) is 5.70 Å². The molecule has 1 aromatic heterocycles. The number of methoxy groups -OCH3 is 1. The van der Waals surface area contributed by atoms with Gasteiger partial charge in [0.2, 0.25) is 5.90 Å². The van der Waals surface area contributed by atoms with Crippen molar-refractivity contribution < 1.29 is 14.3 Å². The van der Waals surface area contributed by atoms with Crippen molar-refractivity contribution in [1.82, 2.24) is 4.57 Å². The van der Waals surface area contributed by atoms with E-state index in [4.69, 9.17) is 14.7 Å². The summed E-state index contributed by atoms with van der Waals surface area (Å²) in [7, 11) is 3.37. The Hall–Kier alpha value is -3.33. The van der Waals surface area contributed by atoms with Crippen LogP contribution in [0.1, 0.15) is 22.5 Å². The topological polar surface area (TPSA) is 76.6 Å². The number of nitriles is 1. The molecule has 2 aromatic rings. The van der Waals surface area contributed by atoms with Crippen LogP contribution in [0.15, 0.2) is 41.0 Å². The number of carbonyl (C=O) groups is 1. The van der Waals surface area contributed by atoms with Gasteiger partial charge in [-0.3, -0.25) is 0 Å². The molecule has 1 aliphatic heterocycles. The lowest BCUT2D eigenvalue weighted by Crippen LogP contribution is -2.05. The first-order valence-electron chi connectivity index (χ1n) is 7.27. The van der Waals surface area contributed by atoms with E-state index in [9.17, 15) is 4.79 Å². The minimum Gasteiger partial charge on any atom is -0.497 e. The molecule has 0 amide bonds. The molecule has 0 atom stereocenters. The maximum atomic E-state index is 12.1. The molecule has 2 heterocycles. The lowest BCUT2D eigenvalue weighted by Gasteiger charge is -2.02. The second-order valence-electron chi connectivity index (χ2n) is 5.31. The first kappa shape index (κ1) is 15.6. The Balaban J connectivity index is 1.99. The molecule has 0 saturated heterocycles. The van der Waals surface area contributed by atoms with Gasteiger partial charge in [0.05, 0.1) is 7.11 Å². The predicted octanol–water partition coefficient (Wildman–Crippen LogP) is 2.56. The van der Waals surface area contributed by atoms with Gasteiger partial charge in [-0.2, -0.15) is 5.26 Å². The number of aliphatic imine (C=N–C) groups is 1. The van der Waals surface area contributed by atoms with E-state index in [1.807, 2.05) is 6.92 Å². The SMILES string of the molecule is COc1cccc(C2=N/C(=C/c3cc(C#N)n(C)c3C)C(=O)O2)c1. The minimum absolute atomic E-state index is 0.200. The highest BCUT2D eigenvalue weighted by atomic mass is 16.6. The molecule has 1 aliphatic rings. The third-order valence-corrected chi connectivity index (χ3v) is 3.92. The van der Waals surface area contributed by atoms with Crippen LogP contribution in [0.25, 0.3) is 6.08 Å². The van der Waals surface area contributed by atoms with Crippen LogP contribution in [-0.2, 0) is 16.6 Å². The van der Waals surface area contributed by atoms with Crippen LogP contribution in [0.2, 0.25) is 0 Å². The number of benzene rings is 1. The molecule has 0 N–H and O–H groups in total. The zero-order valence-corrected chi connectivity index (χ0v) is 13.5. The molecule has 0 aliphatic carbocycles. The Morgan fingerprint density at radius 3 is 2.83 bits per heavy atom. The van der Waals surface area contributed by atoms with Crippen LogP contribution < -0.4 is 4.74 Å². The van der Waals surface area contributed by atoms with Crippen LogP contribution in [-0.4, -0.2) is 23.5 Å². The smallest absolute Gasteiger partial charge is 0.363 e. The van der Waals surface area contributed by atoms with Gasteiger partial charge < -0.3 is 14.0 Å². The predicted molar refractivity (Wildman–Crippen MR) is 88.5 cm³/mol. The fourth-order valence-corrected chi connectivity index (χ4v) is 2.41. The van der Waals surface area contributed by atoms with Gasteiger partial charge in [0.25, 0.3) is 0 Å². The lowest BCUT2D eigenvalue weighted by molar-refractivity contribution is -0.129. The zero-order valence-electron chi connectivity index (χ0n) is 13.5. The van der Waals surface area contributed by atoms with Crippen molar-refractivity contribution >= 4 is 17.9 Å². The molecule has 120 valence electrons. The summed E-state index contributed by atoms with van der Waals surface area (Å²) in [6.07, 6.45) is 1.63. The Bertz CT molecular complexity index is 929. The number of hydrogen-bond donors (Lipinski definition) is 0. The maximum absolute atomic E-state index is 12.1. The quantitative estimate of drug-likeness (QED) is 0.643. The van der Waals surface area contributed by atoms with E-state index < -0.39 is 5.97 Å². The molecule has 6 nitrogen and oxygen atoms in total. The van der Waals surface area contributed by atoms with E-state index in [1.165, 1.54) is 0 Å². The summed E-state index contributed by atoms with van der Waals surface area (Å²) >= 11 is 0. The van der Waals surface area contributed by atoms with Gasteiger partial charge in [-0.15, -0.1) is 0 Å². The number of ether oxygens (including phenoxy) is 2. The summed E-state index contributed by atoms with van der Waals surface area (Å²) < 4.78 is 12.2. The molecule has 24 heavy (non-hydrogen) atoms. The number of rotatable bonds is 3. The zero-order chi connectivity index (χ0) is 17.3. The number of hydrogen-bond acceptors (Lipinski definition) is 5. The van der Waals surface area contributed by atoms with Crippen LogP contribution in [0, 0.1) is 18.3 Å². The first-order valence-corrected chi connectivity index (χ1v) is 7.27. The van der Waals surface area contributed by atoms with Crippen molar-refractivity contribution in [2.75, 3.05) is 7.11 Å². The Kier molecular flexibility index (Phi) is 3.92. The Morgan fingerprint density at radius 2 is 2.17 bits per heavy atom. The van der Waals surface area contributed by atoms with Crippen molar-refractivity contribution in [3.63, 3.8) is 0 Å². The third kappa shape index (κ3) is 2.68. The monoisotopic (exact) mass is 321 g/mol. The largest absolute Gasteiger partial charge is 0.497 e. The summed E-state index contributed by atoms with van der Waals surface area (Å²) in [6, 6.07) is 11.0. The number of carbonyl (C=O) groups excluding carboxylic acids is 1. The van der Waals surface area contributed by atoms with Gasteiger partial charge >= 0.3 is 5.97 Å². The van der Waals surface area contributed by atoms with Crippen molar-refractivity contribution in [2.24, 2.45) is 12.0 Å². The van der Waals surface area contributed by atoms with E-state index in [1.54, 1.807) is 55.1 Å². The summed E-state index contributed by atoms with van der Waals surface area (Å²) in [6.45, 7) is 1.88. The van der Waals surface area contributed by atoms with Crippen molar-refractivity contribution in [3.8, 4) is 11.8 Å². The molecule has 0 bridgehead atoms. The maximum Gasteiger partial charge on any atom is 0.363 e. The molecule has 6 heteroatoms. The van der Waals surface area contributed by atoms with E-state index in [2.05, 4.69) is 11.1 Å². The highest BCUT2D eigenvalue weighted by Crippen LogP contribution is 2.23. The highest BCUT2D eigenvalue weighted by Gasteiger charge is 2.25. The fourth-order valence-electron chi connectivity index (χ4n) is 2.41. The lowest BCUT2D eigenvalue weighted by atomic mass is 10.2. The Morgan fingerprint density at radius 1 is 1.38 bits per heavy atom.